The Balaban J connectivity index is 1.83. The van der Waals surface area contributed by atoms with Crippen molar-refractivity contribution >= 4 is 11.8 Å². The van der Waals surface area contributed by atoms with Crippen molar-refractivity contribution in [2.75, 3.05) is 25.5 Å². The van der Waals surface area contributed by atoms with E-state index in [4.69, 9.17) is 4.74 Å². The van der Waals surface area contributed by atoms with Crippen LogP contribution in [0.1, 0.15) is 36.5 Å². The van der Waals surface area contributed by atoms with Gasteiger partial charge in [0.1, 0.15) is 29.1 Å². The number of esters is 1. The molecular weight excluding hydrogens is 439 g/mol. The van der Waals surface area contributed by atoms with Gasteiger partial charge >= 0.3 is 12.1 Å². The summed E-state index contributed by atoms with van der Waals surface area (Å²) < 4.78 is 43.8. The first kappa shape index (κ1) is 24.3. The van der Waals surface area contributed by atoms with E-state index in [0.29, 0.717) is 37.6 Å². The van der Waals surface area contributed by atoms with Crippen molar-refractivity contribution in [3.8, 4) is 23.1 Å². The molecule has 176 valence electrons. The van der Waals surface area contributed by atoms with E-state index in [0.717, 1.165) is 12.1 Å². The zero-order chi connectivity index (χ0) is 24.3. The average molecular weight is 463 g/mol. The summed E-state index contributed by atoms with van der Waals surface area (Å²) in [7, 11) is 1.81. The lowest BCUT2D eigenvalue weighted by Gasteiger charge is -2.36. The molecule has 2 atom stereocenters. The molecule has 8 nitrogen and oxygen atoms in total. The molecule has 1 aromatic carbocycles. The maximum absolute atomic E-state index is 12.9. The zero-order valence-corrected chi connectivity index (χ0v) is 18.4. The third kappa shape index (κ3) is 5.17. The number of nitrogens with one attached hydrogen (secondary N) is 1. The number of rotatable bonds is 5. The van der Waals surface area contributed by atoms with Gasteiger partial charge in [-0.1, -0.05) is 0 Å². The number of phenolic OH excluding ortho intramolecular Hbond substituents is 1. The summed E-state index contributed by atoms with van der Waals surface area (Å²) >= 11 is 0. The SMILES string of the molecule is CCOC(=O)[C@@H]1CC[C@@H](Nc2nnc(-c3ccc(C(F)(F)F)cc3O)c(C)c2C#N)CN1C. The summed E-state index contributed by atoms with van der Waals surface area (Å²) in [6, 6.07) is 4.18. The molecule has 33 heavy (non-hydrogen) atoms. The number of carbonyl (C=O) groups is 1. The van der Waals surface area contributed by atoms with Crippen LogP contribution in [0.4, 0.5) is 19.0 Å². The number of aromatic nitrogens is 2. The van der Waals surface area contributed by atoms with Crippen LogP contribution in [0, 0.1) is 18.3 Å². The number of carbonyl (C=O) groups excluding carboxylic acids is 1. The number of phenols is 1. The number of nitriles is 1. The van der Waals surface area contributed by atoms with Crippen LogP contribution in [0.15, 0.2) is 18.2 Å². The van der Waals surface area contributed by atoms with E-state index in [2.05, 4.69) is 21.6 Å². The molecule has 1 fully saturated rings. The Hall–Kier alpha value is -3.39. The first-order valence-electron chi connectivity index (χ1n) is 10.4. The Bertz CT molecular complexity index is 1080. The number of anilines is 1. The molecule has 3 rings (SSSR count). The highest BCUT2D eigenvalue weighted by Gasteiger charge is 2.33. The molecule has 0 saturated carbocycles. The van der Waals surface area contributed by atoms with Crippen molar-refractivity contribution < 1.29 is 27.8 Å². The highest BCUT2D eigenvalue weighted by Crippen LogP contribution is 2.37. The first-order chi connectivity index (χ1) is 15.6. The van der Waals surface area contributed by atoms with Crippen LogP contribution in [0.5, 0.6) is 5.75 Å². The van der Waals surface area contributed by atoms with E-state index in [9.17, 15) is 28.3 Å². The normalized spacial score (nSPS) is 19.1. The second-order valence-electron chi connectivity index (χ2n) is 7.86. The minimum atomic E-state index is -4.60. The Morgan fingerprint density at radius 3 is 2.67 bits per heavy atom. The predicted molar refractivity (Wildman–Crippen MR) is 113 cm³/mol. The van der Waals surface area contributed by atoms with Crippen LogP contribution in [-0.4, -0.2) is 58.5 Å². The van der Waals surface area contributed by atoms with Crippen LogP contribution in [-0.2, 0) is 15.7 Å². The minimum Gasteiger partial charge on any atom is -0.507 e. The van der Waals surface area contributed by atoms with E-state index < -0.39 is 17.5 Å². The largest absolute Gasteiger partial charge is 0.507 e. The van der Waals surface area contributed by atoms with Crippen molar-refractivity contribution in [2.45, 2.75) is 44.9 Å². The lowest BCUT2D eigenvalue weighted by molar-refractivity contribution is -0.150. The van der Waals surface area contributed by atoms with Gasteiger partial charge in [-0.25, -0.2) is 0 Å². The molecular formula is C22H24F3N5O3. The number of alkyl halides is 3. The average Bonchev–Trinajstić information content (AvgIpc) is 2.74. The van der Waals surface area contributed by atoms with Crippen molar-refractivity contribution in [3.63, 3.8) is 0 Å². The number of hydrogen-bond acceptors (Lipinski definition) is 8. The van der Waals surface area contributed by atoms with E-state index in [1.165, 1.54) is 0 Å². The summed E-state index contributed by atoms with van der Waals surface area (Å²) in [5.41, 5.74) is -0.277. The molecule has 0 spiro atoms. The van der Waals surface area contributed by atoms with Crippen molar-refractivity contribution in [3.05, 3.63) is 34.9 Å². The molecule has 1 aliphatic heterocycles. The number of piperidine rings is 1. The van der Waals surface area contributed by atoms with Gasteiger partial charge in [-0.15, -0.1) is 10.2 Å². The number of nitrogens with zero attached hydrogens (tertiary/aromatic N) is 4. The van der Waals surface area contributed by atoms with E-state index in [1.54, 1.807) is 13.8 Å². The second-order valence-corrected chi connectivity index (χ2v) is 7.86. The molecule has 1 aromatic heterocycles. The fraction of sp³-hybridized carbons (Fsp3) is 0.455. The van der Waals surface area contributed by atoms with Crippen LogP contribution in [0.3, 0.4) is 0 Å². The molecule has 2 N–H and O–H groups in total. The minimum absolute atomic E-state index is 0.0470. The third-order valence-electron chi connectivity index (χ3n) is 5.64. The van der Waals surface area contributed by atoms with Crippen molar-refractivity contribution in [2.24, 2.45) is 0 Å². The van der Waals surface area contributed by atoms with Crippen LogP contribution in [0.2, 0.25) is 0 Å². The fourth-order valence-corrected chi connectivity index (χ4v) is 3.92. The molecule has 0 amide bonds. The van der Waals surface area contributed by atoms with Gasteiger partial charge in [0.15, 0.2) is 5.82 Å². The van der Waals surface area contributed by atoms with Gasteiger partial charge < -0.3 is 15.2 Å². The van der Waals surface area contributed by atoms with Gasteiger partial charge in [0.05, 0.1) is 12.2 Å². The highest BCUT2D eigenvalue weighted by molar-refractivity contribution is 5.76. The molecule has 1 saturated heterocycles. The van der Waals surface area contributed by atoms with Gasteiger partial charge in [0.25, 0.3) is 0 Å². The van der Waals surface area contributed by atoms with E-state index in [-0.39, 0.29) is 40.7 Å². The summed E-state index contributed by atoms with van der Waals surface area (Å²) in [5.74, 6) is -0.642. The number of hydrogen-bond donors (Lipinski definition) is 2. The summed E-state index contributed by atoms with van der Waals surface area (Å²) in [6.45, 7) is 4.17. The predicted octanol–water partition coefficient (Wildman–Crippen LogP) is 3.49. The highest BCUT2D eigenvalue weighted by atomic mass is 19.4. The number of aromatic hydroxyl groups is 1. The maximum atomic E-state index is 12.9. The summed E-state index contributed by atoms with van der Waals surface area (Å²) in [5, 5.41) is 31.2. The Morgan fingerprint density at radius 1 is 1.36 bits per heavy atom. The molecule has 2 heterocycles. The number of ether oxygens (including phenoxy) is 1. The summed E-state index contributed by atoms with van der Waals surface area (Å²) in [4.78, 5) is 13.9. The molecule has 0 aliphatic carbocycles. The van der Waals surface area contributed by atoms with Crippen molar-refractivity contribution in [1.82, 2.24) is 15.1 Å². The van der Waals surface area contributed by atoms with Gasteiger partial charge in [0.2, 0.25) is 0 Å². The van der Waals surface area contributed by atoms with Crippen LogP contribution >= 0.6 is 0 Å². The first-order valence-corrected chi connectivity index (χ1v) is 10.4. The molecule has 0 bridgehead atoms. The topological polar surface area (TPSA) is 111 Å². The lowest BCUT2D eigenvalue weighted by atomic mass is 9.98. The molecule has 11 heteroatoms. The maximum Gasteiger partial charge on any atom is 0.416 e. The Morgan fingerprint density at radius 2 is 2.09 bits per heavy atom. The van der Waals surface area contributed by atoms with E-state index >= 15 is 0 Å². The molecule has 2 aromatic rings. The van der Waals surface area contributed by atoms with Gasteiger partial charge in [0, 0.05) is 18.2 Å². The third-order valence-corrected chi connectivity index (χ3v) is 5.64. The Labute approximate surface area is 189 Å². The standard InChI is InChI=1S/C22H24F3N5O3/c1-4-33-21(32)17-8-6-14(11-30(17)3)27-20-16(10-26)12(2)19(28-29-20)15-7-5-13(9-18(15)31)22(23,24)25/h5,7,9,14,17,31H,4,6,8,11H2,1-3H3,(H,27,29)/t14-,17+/m1/s1. The lowest BCUT2D eigenvalue weighted by Crippen LogP contribution is -2.50. The van der Waals surface area contributed by atoms with Gasteiger partial charge in [-0.2, -0.15) is 18.4 Å². The smallest absolute Gasteiger partial charge is 0.416 e. The number of likely N-dealkylation sites (N-methyl/N-ethyl adjacent to an activating group) is 1. The van der Waals surface area contributed by atoms with Gasteiger partial charge in [-0.3, -0.25) is 9.69 Å². The van der Waals surface area contributed by atoms with Crippen molar-refractivity contribution in [1.29, 1.82) is 5.26 Å². The number of benzene rings is 1. The van der Waals surface area contributed by atoms with Gasteiger partial charge in [-0.05, 0) is 57.5 Å². The quantitative estimate of drug-likeness (QED) is 0.649. The van der Waals surface area contributed by atoms with Crippen LogP contribution in [0.25, 0.3) is 11.3 Å². The summed E-state index contributed by atoms with van der Waals surface area (Å²) in [6.07, 6.45) is -3.39. The second kappa shape index (κ2) is 9.62. The fourth-order valence-electron chi connectivity index (χ4n) is 3.92. The molecule has 0 unspecified atom stereocenters. The number of halogens is 3. The Kier molecular flexibility index (Phi) is 7.07. The van der Waals surface area contributed by atoms with Crippen LogP contribution < -0.4 is 5.32 Å². The zero-order valence-electron chi connectivity index (χ0n) is 18.4. The van der Waals surface area contributed by atoms with E-state index in [1.807, 2.05) is 11.9 Å². The number of likely N-dealkylation sites (tertiary alicyclic amines) is 1. The molecule has 0 radical (unpaired) electrons. The monoisotopic (exact) mass is 463 g/mol. The molecule has 1 aliphatic rings.